The number of rotatable bonds is 8. The molecule has 4 N–H and O–H groups in total. The minimum Gasteiger partial charge on any atom is -0.463 e. The van der Waals surface area contributed by atoms with E-state index in [-0.39, 0.29) is 12.6 Å². The van der Waals surface area contributed by atoms with E-state index in [1.54, 1.807) is 23.7 Å². The smallest absolute Gasteiger partial charge is 0.275 e. The molecule has 0 spiro atoms. The summed E-state index contributed by atoms with van der Waals surface area (Å²) in [6, 6.07) is 14.3. The van der Waals surface area contributed by atoms with Crippen molar-refractivity contribution < 1.29 is 32.5 Å². The van der Waals surface area contributed by atoms with Crippen molar-refractivity contribution in [3.63, 3.8) is 0 Å². The fraction of sp³-hybridized carbons (Fsp3) is 0.143. The van der Waals surface area contributed by atoms with E-state index < -0.39 is 41.5 Å². The first-order chi connectivity index (χ1) is 14.5. The number of carbonyl (C=O) groups excluding carboxylic acids is 2. The molecule has 1 heterocycles. The van der Waals surface area contributed by atoms with Gasteiger partial charge < -0.3 is 20.4 Å². The minimum absolute atomic E-state index is 0.00687. The lowest BCUT2D eigenvalue weighted by molar-refractivity contribution is -0.678. The maximum absolute atomic E-state index is 13.6. The molecule has 0 unspecified atom stereocenters. The number of hydrogen-bond donors (Lipinski definition) is 3. The summed E-state index contributed by atoms with van der Waals surface area (Å²) in [6.07, 6.45) is 1.54. The van der Waals surface area contributed by atoms with Gasteiger partial charge in [-0.3, -0.25) is 9.59 Å². The second-order valence-corrected chi connectivity index (χ2v) is 6.39. The first kappa shape index (κ1) is 21.1. The molecule has 3 rings (SSSR count). The molecule has 6 nitrogen and oxygen atoms in total. The number of anilines is 1. The van der Waals surface area contributed by atoms with Crippen LogP contribution in [0, 0.1) is 17.5 Å². The van der Waals surface area contributed by atoms with Crippen LogP contribution in [0.2, 0.25) is 0 Å². The quantitative estimate of drug-likeness (QED) is 0.490. The van der Waals surface area contributed by atoms with E-state index >= 15 is 0 Å². The highest BCUT2D eigenvalue weighted by Crippen LogP contribution is 2.19. The fourth-order valence-corrected chi connectivity index (χ4v) is 2.84. The van der Waals surface area contributed by atoms with Crippen LogP contribution < -0.4 is 16.0 Å². The Morgan fingerprint density at radius 1 is 0.933 bits per heavy atom. The number of benzene rings is 2. The lowest BCUT2D eigenvalue weighted by Crippen LogP contribution is -2.87. The summed E-state index contributed by atoms with van der Waals surface area (Å²) >= 11 is 0. The van der Waals surface area contributed by atoms with Crippen molar-refractivity contribution in [3.05, 3.63) is 89.6 Å². The molecule has 30 heavy (non-hydrogen) atoms. The van der Waals surface area contributed by atoms with Crippen LogP contribution in [-0.4, -0.2) is 24.9 Å². The van der Waals surface area contributed by atoms with Gasteiger partial charge in [0, 0.05) is 5.56 Å². The molecule has 1 aromatic heterocycles. The van der Waals surface area contributed by atoms with Crippen LogP contribution in [-0.2, 0) is 9.59 Å². The minimum atomic E-state index is -1.68. The molecule has 0 saturated heterocycles. The lowest BCUT2D eigenvalue weighted by atomic mass is 10.0. The van der Waals surface area contributed by atoms with Gasteiger partial charge in [0.15, 0.2) is 35.8 Å². The van der Waals surface area contributed by atoms with Crippen molar-refractivity contribution in [2.75, 3.05) is 18.4 Å². The molecule has 0 saturated carbocycles. The molecule has 0 aliphatic carbocycles. The molecule has 0 radical (unpaired) electrons. The van der Waals surface area contributed by atoms with Gasteiger partial charge >= 0.3 is 0 Å². The summed E-state index contributed by atoms with van der Waals surface area (Å²) in [6.45, 7) is -0.463. The Morgan fingerprint density at radius 3 is 2.40 bits per heavy atom. The van der Waals surface area contributed by atoms with Crippen LogP contribution in [0.5, 0.6) is 0 Å². The standard InChI is InChI=1S/C21H18F3N3O3/c22-14-8-9-15(20(24)19(14)23)27-18(29)12-25-17(28)11-26-21(16-7-4-10-30-16)13-5-2-1-3-6-13/h1-10,21,26H,11-12H2,(H,25,28)(H,27,29)/p+1/t21-/m0/s1. The summed E-state index contributed by atoms with van der Waals surface area (Å²) < 4.78 is 45.2. The topological polar surface area (TPSA) is 88.0 Å². The van der Waals surface area contributed by atoms with Crippen LogP contribution in [0.3, 0.4) is 0 Å². The lowest BCUT2D eigenvalue weighted by Gasteiger charge is -2.14. The first-order valence-electron chi connectivity index (χ1n) is 9.07. The molecule has 2 aromatic carbocycles. The molecule has 2 amide bonds. The van der Waals surface area contributed by atoms with E-state index in [2.05, 4.69) is 10.6 Å². The predicted molar refractivity (Wildman–Crippen MR) is 102 cm³/mol. The van der Waals surface area contributed by atoms with Crippen LogP contribution in [0.25, 0.3) is 0 Å². The van der Waals surface area contributed by atoms with Crippen LogP contribution in [0.4, 0.5) is 18.9 Å². The van der Waals surface area contributed by atoms with Gasteiger partial charge in [-0.1, -0.05) is 30.3 Å². The van der Waals surface area contributed by atoms with E-state index in [1.165, 1.54) is 0 Å². The number of furan rings is 1. The summed E-state index contributed by atoms with van der Waals surface area (Å²) in [5.41, 5.74) is 0.425. The first-order valence-corrected chi connectivity index (χ1v) is 9.07. The zero-order valence-corrected chi connectivity index (χ0v) is 15.7. The Labute approximate surface area is 170 Å². The van der Waals surface area contributed by atoms with Gasteiger partial charge in [-0.25, -0.2) is 13.2 Å². The predicted octanol–water partition coefficient (Wildman–Crippen LogP) is 2.10. The molecule has 0 bridgehead atoms. The van der Waals surface area contributed by atoms with Gasteiger partial charge in [0.05, 0.1) is 18.5 Å². The number of hydrogen-bond acceptors (Lipinski definition) is 3. The SMILES string of the molecule is O=C(C[NH2+][C@@H](c1ccccc1)c1ccco1)NCC(=O)Nc1ccc(F)c(F)c1F. The molecular formula is C21H19F3N3O3+. The second kappa shape index (κ2) is 9.75. The fourth-order valence-electron chi connectivity index (χ4n) is 2.84. The molecule has 1 atom stereocenters. The third kappa shape index (κ3) is 5.26. The van der Waals surface area contributed by atoms with Crippen LogP contribution >= 0.6 is 0 Å². The van der Waals surface area contributed by atoms with Crippen molar-refractivity contribution in [2.45, 2.75) is 6.04 Å². The van der Waals surface area contributed by atoms with Crippen molar-refractivity contribution in [2.24, 2.45) is 0 Å². The van der Waals surface area contributed by atoms with Crippen molar-refractivity contribution in [1.82, 2.24) is 5.32 Å². The highest BCUT2D eigenvalue weighted by atomic mass is 19.2. The van der Waals surface area contributed by atoms with Crippen molar-refractivity contribution in [1.29, 1.82) is 0 Å². The van der Waals surface area contributed by atoms with Crippen LogP contribution in [0.15, 0.2) is 65.3 Å². The van der Waals surface area contributed by atoms with Crippen molar-refractivity contribution >= 4 is 17.5 Å². The summed E-state index contributed by atoms with van der Waals surface area (Å²) in [5, 5.41) is 6.23. The Balaban J connectivity index is 1.52. The van der Waals surface area contributed by atoms with Gasteiger partial charge in [0.2, 0.25) is 5.91 Å². The number of nitrogens with one attached hydrogen (secondary N) is 2. The largest absolute Gasteiger partial charge is 0.463 e. The van der Waals surface area contributed by atoms with E-state index in [0.717, 1.165) is 11.6 Å². The number of nitrogens with two attached hydrogens (primary N) is 1. The molecule has 3 aromatic rings. The van der Waals surface area contributed by atoms with E-state index in [0.29, 0.717) is 11.8 Å². The summed E-state index contributed by atoms with van der Waals surface area (Å²) in [4.78, 5) is 24.0. The average molecular weight is 418 g/mol. The van der Waals surface area contributed by atoms with E-state index in [9.17, 15) is 22.8 Å². The molecule has 0 fully saturated rings. The highest BCUT2D eigenvalue weighted by Gasteiger charge is 2.22. The van der Waals surface area contributed by atoms with Crippen LogP contribution in [0.1, 0.15) is 17.4 Å². The maximum atomic E-state index is 13.6. The van der Waals surface area contributed by atoms with Gasteiger partial charge in [0.1, 0.15) is 0 Å². The normalized spacial score (nSPS) is 11.7. The number of amides is 2. The summed E-state index contributed by atoms with van der Waals surface area (Å²) in [7, 11) is 0. The van der Waals surface area contributed by atoms with Gasteiger partial charge in [-0.15, -0.1) is 0 Å². The van der Waals surface area contributed by atoms with Gasteiger partial charge in [0.25, 0.3) is 5.91 Å². The third-order valence-electron chi connectivity index (χ3n) is 4.30. The monoisotopic (exact) mass is 418 g/mol. The summed E-state index contributed by atoms with van der Waals surface area (Å²) in [5.74, 6) is -5.11. The number of quaternary nitrogens is 1. The number of carbonyl (C=O) groups is 2. The zero-order chi connectivity index (χ0) is 21.5. The highest BCUT2D eigenvalue weighted by molar-refractivity contribution is 5.94. The van der Waals surface area contributed by atoms with Gasteiger partial charge in [-0.2, -0.15) is 0 Å². The molecule has 0 aliphatic rings. The zero-order valence-electron chi connectivity index (χ0n) is 15.7. The Hall–Kier alpha value is -3.59. The maximum Gasteiger partial charge on any atom is 0.275 e. The Bertz CT molecular complexity index is 1010. The molecule has 0 aliphatic heterocycles. The van der Waals surface area contributed by atoms with E-state index in [1.807, 2.05) is 30.3 Å². The second-order valence-electron chi connectivity index (χ2n) is 6.39. The van der Waals surface area contributed by atoms with E-state index in [4.69, 9.17) is 4.42 Å². The Kier molecular flexibility index (Phi) is 6.87. The molecule has 156 valence electrons. The Morgan fingerprint density at radius 2 is 1.70 bits per heavy atom. The third-order valence-corrected chi connectivity index (χ3v) is 4.30. The average Bonchev–Trinajstić information content (AvgIpc) is 3.28. The van der Waals surface area contributed by atoms with Crippen molar-refractivity contribution in [3.8, 4) is 0 Å². The molecule has 9 heteroatoms. The van der Waals surface area contributed by atoms with Gasteiger partial charge in [-0.05, 0) is 24.3 Å². The molecular weight excluding hydrogens is 399 g/mol. The number of halogens is 3.